The quantitative estimate of drug-likeness (QED) is 0.899. The maximum absolute atomic E-state index is 5.90. The van der Waals surface area contributed by atoms with E-state index in [1.807, 2.05) is 0 Å². The van der Waals surface area contributed by atoms with Gasteiger partial charge in [0.2, 0.25) is 0 Å². The number of rotatable bonds is 3. The van der Waals surface area contributed by atoms with Crippen molar-refractivity contribution in [1.82, 2.24) is 4.90 Å². The van der Waals surface area contributed by atoms with Gasteiger partial charge in [0.15, 0.2) is 0 Å². The van der Waals surface area contributed by atoms with Crippen LogP contribution in [-0.4, -0.2) is 24.0 Å². The molecule has 0 amide bonds. The van der Waals surface area contributed by atoms with Crippen molar-refractivity contribution < 1.29 is 0 Å². The first-order valence-corrected chi connectivity index (χ1v) is 6.22. The summed E-state index contributed by atoms with van der Waals surface area (Å²) in [6.07, 6.45) is 1.14. The second-order valence-corrected chi connectivity index (χ2v) is 5.18. The van der Waals surface area contributed by atoms with Crippen molar-refractivity contribution in [2.45, 2.75) is 38.8 Å². The Morgan fingerprint density at radius 2 is 1.94 bits per heavy atom. The minimum absolute atomic E-state index is 0. The first-order chi connectivity index (χ1) is 7.65. The molecule has 1 aliphatic heterocycles. The molecule has 1 aliphatic rings. The van der Waals surface area contributed by atoms with Gasteiger partial charge in [0.1, 0.15) is 0 Å². The molecule has 1 aromatic rings. The highest BCUT2D eigenvalue weighted by molar-refractivity contribution is 5.85. The molecule has 96 valence electrons. The summed E-state index contributed by atoms with van der Waals surface area (Å²) in [4.78, 5) is 2.44. The van der Waals surface area contributed by atoms with Crippen LogP contribution in [0.3, 0.4) is 0 Å². The first-order valence-electron chi connectivity index (χ1n) is 6.22. The summed E-state index contributed by atoms with van der Waals surface area (Å²) in [5.41, 5.74) is 8.72. The van der Waals surface area contributed by atoms with E-state index in [2.05, 4.69) is 43.0 Å². The molecule has 3 heteroatoms. The van der Waals surface area contributed by atoms with Crippen molar-refractivity contribution in [1.29, 1.82) is 0 Å². The highest BCUT2D eigenvalue weighted by Gasteiger charge is 2.18. The van der Waals surface area contributed by atoms with Crippen LogP contribution in [0.2, 0.25) is 0 Å². The van der Waals surface area contributed by atoms with Crippen LogP contribution in [0.25, 0.3) is 0 Å². The smallest absolute Gasteiger partial charge is 0.0234 e. The maximum Gasteiger partial charge on any atom is 0.0234 e. The number of nitrogens with zero attached hydrogens (tertiary/aromatic N) is 1. The second-order valence-electron chi connectivity index (χ2n) is 5.18. The molecule has 0 unspecified atom stereocenters. The zero-order valence-corrected chi connectivity index (χ0v) is 11.5. The molecule has 0 aromatic heterocycles. The first kappa shape index (κ1) is 14.5. The van der Waals surface area contributed by atoms with E-state index in [0.717, 1.165) is 26.1 Å². The predicted octanol–water partition coefficient (Wildman–Crippen LogP) is 2.76. The zero-order valence-electron chi connectivity index (χ0n) is 10.7. The Labute approximate surface area is 111 Å². The lowest BCUT2D eigenvalue weighted by Gasteiger charge is -2.15. The average Bonchev–Trinajstić information content (AvgIpc) is 2.65. The molecule has 1 aromatic carbocycles. The normalized spacial score (nSPS) is 20.6. The lowest BCUT2D eigenvalue weighted by molar-refractivity contribution is 0.327. The van der Waals surface area contributed by atoms with E-state index >= 15 is 0 Å². The summed E-state index contributed by atoms with van der Waals surface area (Å²) in [5, 5.41) is 0. The number of likely N-dealkylation sites (tertiary alicyclic amines) is 1. The van der Waals surface area contributed by atoms with Gasteiger partial charge < -0.3 is 5.73 Å². The van der Waals surface area contributed by atoms with Gasteiger partial charge in [-0.15, -0.1) is 12.4 Å². The molecule has 0 aliphatic carbocycles. The van der Waals surface area contributed by atoms with Crippen molar-refractivity contribution >= 4 is 12.4 Å². The molecule has 17 heavy (non-hydrogen) atoms. The van der Waals surface area contributed by atoms with Gasteiger partial charge in [0.25, 0.3) is 0 Å². The Balaban J connectivity index is 0.00000144. The van der Waals surface area contributed by atoms with Crippen LogP contribution in [0.5, 0.6) is 0 Å². The molecular formula is C14H23ClN2. The largest absolute Gasteiger partial charge is 0.326 e. The fourth-order valence-corrected chi connectivity index (χ4v) is 2.27. The van der Waals surface area contributed by atoms with E-state index < -0.39 is 0 Å². The van der Waals surface area contributed by atoms with Crippen molar-refractivity contribution in [3.05, 3.63) is 35.4 Å². The molecule has 1 fully saturated rings. The highest BCUT2D eigenvalue weighted by atomic mass is 35.5. The minimum atomic E-state index is 0. The predicted molar refractivity (Wildman–Crippen MR) is 75.6 cm³/mol. The molecule has 0 saturated carbocycles. The summed E-state index contributed by atoms with van der Waals surface area (Å²) >= 11 is 0. The molecule has 1 atom stereocenters. The van der Waals surface area contributed by atoms with Crippen LogP contribution < -0.4 is 5.73 Å². The average molecular weight is 255 g/mol. The molecule has 0 radical (unpaired) electrons. The number of halogens is 1. The number of nitrogens with two attached hydrogens (primary N) is 1. The van der Waals surface area contributed by atoms with Crippen LogP contribution in [-0.2, 0) is 6.54 Å². The maximum atomic E-state index is 5.90. The summed E-state index contributed by atoms with van der Waals surface area (Å²) in [6, 6.07) is 9.37. The number of hydrogen-bond donors (Lipinski definition) is 1. The summed E-state index contributed by atoms with van der Waals surface area (Å²) < 4.78 is 0. The molecule has 1 saturated heterocycles. The van der Waals surface area contributed by atoms with Crippen molar-refractivity contribution in [3.8, 4) is 0 Å². The Morgan fingerprint density at radius 1 is 1.29 bits per heavy atom. The number of hydrogen-bond acceptors (Lipinski definition) is 2. The van der Waals surface area contributed by atoms with Crippen LogP contribution in [0.15, 0.2) is 24.3 Å². The SMILES string of the molecule is CC(C)c1ccc(CN2CC[C@@H](N)C2)cc1.Cl. The van der Waals surface area contributed by atoms with Gasteiger partial charge in [-0.25, -0.2) is 0 Å². The summed E-state index contributed by atoms with van der Waals surface area (Å²) in [6.45, 7) is 7.70. The number of benzene rings is 1. The molecular weight excluding hydrogens is 232 g/mol. The van der Waals surface area contributed by atoms with Crippen LogP contribution in [0.4, 0.5) is 0 Å². The van der Waals surface area contributed by atoms with Crippen LogP contribution >= 0.6 is 12.4 Å². The molecule has 2 rings (SSSR count). The van der Waals surface area contributed by atoms with Gasteiger partial charge in [-0.05, 0) is 23.5 Å². The van der Waals surface area contributed by atoms with E-state index in [9.17, 15) is 0 Å². The third-order valence-electron chi connectivity index (χ3n) is 3.36. The standard InChI is InChI=1S/C14H22N2.ClH/c1-11(2)13-5-3-12(4-6-13)9-16-8-7-14(15)10-16;/h3-6,11,14H,7-10,15H2,1-2H3;1H/t14-;/m1./s1. The zero-order chi connectivity index (χ0) is 11.5. The van der Waals surface area contributed by atoms with Gasteiger partial charge >= 0.3 is 0 Å². The van der Waals surface area contributed by atoms with E-state index in [-0.39, 0.29) is 12.4 Å². The van der Waals surface area contributed by atoms with E-state index in [1.54, 1.807) is 0 Å². The van der Waals surface area contributed by atoms with Gasteiger partial charge in [0.05, 0.1) is 0 Å². The highest BCUT2D eigenvalue weighted by Crippen LogP contribution is 2.17. The topological polar surface area (TPSA) is 29.3 Å². The Morgan fingerprint density at radius 3 is 2.41 bits per heavy atom. The third kappa shape index (κ3) is 3.98. The van der Waals surface area contributed by atoms with Crippen molar-refractivity contribution in [2.24, 2.45) is 5.73 Å². The molecule has 1 heterocycles. The van der Waals surface area contributed by atoms with Crippen LogP contribution in [0, 0.1) is 0 Å². The molecule has 2 N–H and O–H groups in total. The minimum Gasteiger partial charge on any atom is -0.326 e. The fraction of sp³-hybridized carbons (Fsp3) is 0.571. The molecule has 0 bridgehead atoms. The van der Waals surface area contributed by atoms with Gasteiger partial charge in [-0.2, -0.15) is 0 Å². The van der Waals surface area contributed by atoms with Gasteiger partial charge in [-0.1, -0.05) is 38.1 Å². The van der Waals surface area contributed by atoms with Crippen molar-refractivity contribution in [3.63, 3.8) is 0 Å². The third-order valence-corrected chi connectivity index (χ3v) is 3.36. The Kier molecular flexibility index (Phi) is 5.44. The van der Waals surface area contributed by atoms with E-state index in [1.165, 1.54) is 11.1 Å². The summed E-state index contributed by atoms with van der Waals surface area (Å²) in [7, 11) is 0. The molecule has 0 spiro atoms. The summed E-state index contributed by atoms with van der Waals surface area (Å²) in [5.74, 6) is 0.620. The molecule has 2 nitrogen and oxygen atoms in total. The van der Waals surface area contributed by atoms with Crippen molar-refractivity contribution in [2.75, 3.05) is 13.1 Å². The fourth-order valence-electron chi connectivity index (χ4n) is 2.27. The Bertz CT molecular complexity index is 335. The lowest BCUT2D eigenvalue weighted by Crippen LogP contribution is -2.26. The second kappa shape index (κ2) is 6.39. The lowest BCUT2D eigenvalue weighted by atomic mass is 10.0. The van der Waals surface area contributed by atoms with E-state index in [0.29, 0.717) is 12.0 Å². The van der Waals surface area contributed by atoms with Gasteiger partial charge in [0, 0.05) is 25.7 Å². The monoisotopic (exact) mass is 254 g/mol. The van der Waals surface area contributed by atoms with E-state index in [4.69, 9.17) is 5.73 Å². The van der Waals surface area contributed by atoms with Gasteiger partial charge in [-0.3, -0.25) is 4.90 Å². The Hall–Kier alpha value is -0.570. The van der Waals surface area contributed by atoms with Crippen LogP contribution in [0.1, 0.15) is 37.3 Å².